The summed E-state index contributed by atoms with van der Waals surface area (Å²) in [4.78, 5) is 117. The first-order valence-corrected chi connectivity index (χ1v) is 49.9. The van der Waals surface area contributed by atoms with Gasteiger partial charge in [-0.1, -0.05) is 46.7 Å². The van der Waals surface area contributed by atoms with Crippen molar-refractivity contribution in [1.82, 2.24) is 65.4 Å². The number of nitrogens with one attached hydrogen (secondary N) is 5. The molecule has 6 aromatic carbocycles. The lowest BCUT2D eigenvalue weighted by molar-refractivity contribution is 0.0695. The minimum atomic E-state index is -0.957. The van der Waals surface area contributed by atoms with Crippen LogP contribution in [0.2, 0.25) is 0 Å². The molecule has 0 aliphatic carbocycles. The van der Waals surface area contributed by atoms with Crippen molar-refractivity contribution >= 4 is 181 Å². The number of carbonyl (C=O) groups excluding carboxylic acids is 6. The van der Waals surface area contributed by atoms with Crippen LogP contribution in [-0.2, 0) is 32.2 Å². The molecule has 0 radical (unpaired) electrons. The second kappa shape index (κ2) is 54.6. The van der Waals surface area contributed by atoms with Crippen LogP contribution in [0.25, 0.3) is 0 Å². The van der Waals surface area contributed by atoms with Gasteiger partial charge < -0.3 is 58.9 Å². The van der Waals surface area contributed by atoms with Crippen LogP contribution in [0, 0.1) is 27.7 Å². The quantitative estimate of drug-likeness (QED) is 0.0101. The SMILES string of the molecule is C=CCOc1cc(OCCc2scnc2C)cc(C(=O)Nc2nncs2)c1.CC(C)Oc1cc(C=O)cc(C(=O)Nc2nccs2)c1.CC(C)Oc1cc(CN(C)C)cc(C(=O)Nc2nccs2)c1.Cc1ncsc1CCOc1cc(C(=O)O)cc(N(C)C)c1.Cc1ncsc1CCOc1cc(N)cc(C(=O)Nc2nncs2)c1.Cc1ncsc1CCOc1cc(O)cc(C(=O)Nc2nncs2)c1. The number of carboxylic acids is 1. The highest BCUT2D eigenvalue weighted by molar-refractivity contribution is 7.15. The van der Waals surface area contributed by atoms with Crippen LogP contribution < -0.4 is 70.4 Å². The molecule has 45 heteroatoms. The number of hydrogen-bond acceptors (Lipinski definition) is 39. The van der Waals surface area contributed by atoms with Gasteiger partial charge in [0.15, 0.2) is 10.3 Å². The molecule has 9 N–H and O–H groups in total. The van der Waals surface area contributed by atoms with Gasteiger partial charge in [0.25, 0.3) is 29.5 Å². The molecule has 722 valence electrons. The van der Waals surface area contributed by atoms with Crippen LogP contribution >= 0.6 is 102 Å². The first-order valence-electron chi connectivity index (χ1n) is 42.0. The third-order valence-electron chi connectivity index (χ3n) is 18.1. The Balaban J connectivity index is 0.000000171. The van der Waals surface area contributed by atoms with Gasteiger partial charge >= 0.3 is 5.97 Å². The number of phenols is 1. The summed E-state index contributed by atoms with van der Waals surface area (Å²) in [5.74, 6) is 1.36. The Morgan fingerprint density at radius 3 is 1.15 bits per heavy atom. The van der Waals surface area contributed by atoms with Gasteiger partial charge in [-0.2, -0.15) is 0 Å². The van der Waals surface area contributed by atoms with E-state index in [4.69, 9.17) is 44.0 Å². The van der Waals surface area contributed by atoms with Crippen LogP contribution in [0.3, 0.4) is 0 Å². The van der Waals surface area contributed by atoms with Crippen molar-refractivity contribution in [2.75, 3.05) is 98.4 Å². The molecule has 0 bridgehead atoms. The Morgan fingerprint density at radius 2 is 0.783 bits per heavy atom. The number of aryl methyl sites for hydroxylation is 4. The summed E-state index contributed by atoms with van der Waals surface area (Å²) in [5, 5.41) is 60.7. The van der Waals surface area contributed by atoms with E-state index in [0.717, 1.165) is 71.1 Å². The molecule has 9 aromatic heterocycles. The number of benzene rings is 6. The first-order chi connectivity index (χ1) is 66.4. The van der Waals surface area contributed by atoms with Gasteiger partial charge in [0.2, 0.25) is 15.4 Å². The van der Waals surface area contributed by atoms with E-state index in [2.05, 4.69) is 98.6 Å². The van der Waals surface area contributed by atoms with E-state index < -0.39 is 5.97 Å². The Bertz CT molecular complexity index is 6240. The van der Waals surface area contributed by atoms with Gasteiger partial charge in [-0.3, -0.25) is 55.4 Å². The average Bonchev–Trinajstić information content (AvgIpc) is 1.20. The van der Waals surface area contributed by atoms with Gasteiger partial charge in [0, 0.05) is 158 Å². The number of carbonyl (C=O) groups is 7. The molecule has 0 saturated carbocycles. The molecular weight excluding hydrogens is 1940 g/mol. The number of hydrogen-bond donors (Lipinski definition) is 8. The molecule has 15 rings (SSSR count). The molecule has 138 heavy (non-hydrogen) atoms. The molecule has 0 aliphatic rings. The number of phenolic OH excluding ortho intramolecular Hbond substituents is 1. The number of aldehydes is 1. The van der Waals surface area contributed by atoms with Gasteiger partial charge in [-0.15, -0.1) is 98.6 Å². The highest BCUT2D eigenvalue weighted by Gasteiger charge is 2.20. The normalized spacial score (nSPS) is 10.5. The Hall–Kier alpha value is -14.0. The van der Waals surface area contributed by atoms with E-state index in [1.807, 2.05) is 129 Å². The molecule has 0 fully saturated rings. The molecule has 0 unspecified atom stereocenters. The minimum absolute atomic E-state index is 0.0354. The topological polar surface area (TPSA) is 472 Å². The van der Waals surface area contributed by atoms with E-state index in [-0.39, 0.29) is 58.6 Å². The predicted molar refractivity (Wildman–Crippen MR) is 544 cm³/mol. The number of nitrogen functional groups attached to an aromatic ring is 1. The summed E-state index contributed by atoms with van der Waals surface area (Å²) >= 11 is 12.8. The summed E-state index contributed by atoms with van der Waals surface area (Å²) in [6.07, 6.45) is 8.62. The molecule has 5 amide bonds. The van der Waals surface area contributed by atoms with Crippen molar-refractivity contribution in [2.24, 2.45) is 0 Å². The summed E-state index contributed by atoms with van der Waals surface area (Å²) < 4.78 is 39.8. The average molecular weight is 2040 g/mol. The fourth-order valence-electron chi connectivity index (χ4n) is 11.9. The Morgan fingerprint density at radius 1 is 0.413 bits per heavy atom. The largest absolute Gasteiger partial charge is 0.508 e. The minimum Gasteiger partial charge on any atom is -0.508 e. The molecule has 15 aromatic rings. The van der Waals surface area contributed by atoms with Gasteiger partial charge in [-0.25, -0.2) is 34.7 Å². The predicted octanol–water partition coefficient (Wildman–Crippen LogP) is 18.5. The van der Waals surface area contributed by atoms with Crippen molar-refractivity contribution in [3.05, 3.63) is 270 Å². The smallest absolute Gasteiger partial charge is 0.335 e. The zero-order chi connectivity index (χ0) is 99.0. The first kappa shape index (κ1) is 106. The van der Waals surface area contributed by atoms with Crippen molar-refractivity contribution in [3.8, 4) is 46.0 Å². The number of aromatic hydroxyl groups is 1. The van der Waals surface area contributed by atoms with Crippen LogP contribution in [0.15, 0.2) is 184 Å². The number of anilines is 7. The lowest BCUT2D eigenvalue weighted by Gasteiger charge is -2.15. The third-order valence-corrected chi connectivity index (χ3v) is 25.3. The maximum absolute atomic E-state index is 12.5. The van der Waals surface area contributed by atoms with E-state index in [1.54, 1.807) is 159 Å². The van der Waals surface area contributed by atoms with Crippen molar-refractivity contribution in [2.45, 2.75) is 99.8 Å². The number of nitrogens with zero attached hydrogens (tertiary/aromatic N) is 14. The van der Waals surface area contributed by atoms with E-state index >= 15 is 0 Å². The van der Waals surface area contributed by atoms with E-state index in [9.17, 15) is 38.7 Å². The maximum Gasteiger partial charge on any atom is 0.335 e. The van der Waals surface area contributed by atoms with E-state index in [1.165, 1.54) is 95.0 Å². The monoisotopic (exact) mass is 2040 g/mol. The van der Waals surface area contributed by atoms with Crippen molar-refractivity contribution in [3.63, 3.8) is 0 Å². The van der Waals surface area contributed by atoms with Gasteiger partial charge in [0.1, 0.15) is 75.4 Å². The number of ether oxygens (including phenoxy) is 7. The molecule has 0 spiro atoms. The number of carboxylic acid groups (broad SMARTS) is 1. The molecular formula is C93H100N20O16S9. The number of amides is 5. The summed E-state index contributed by atoms with van der Waals surface area (Å²) in [5.41, 5.74) is 26.8. The fraction of sp³-hybridized carbons (Fsp3) is 0.258. The van der Waals surface area contributed by atoms with Gasteiger partial charge in [0.05, 0.1) is 89.0 Å². The van der Waals surface area contributed by atoms with Crippen LogP contribution in [0.4, 0.5) is 37.0 Å². The number of rotatable bonds is 38. The Kier molecular flexibility index (Phi) is 42.0. The molecule has 0 saturated heterocycles. The zero-order valence-corrected chi connectivity index (χ0v) is 84.3. The van der Waals surface area contributed by atoms with Crippen LogP contribution in [-0.4, -0.2) is 191 Å². The second-order valence-electron chi connectivity index (χ2n) is 30.1. The lowest BCUT2D eigenvalue weighted by atomic mass is 10.1. The van der Waals surface area contributed by atoms with Crippen LogP contribution in [0.5, 0.6) is 46.0 Å². The van der Waals surface area contributed by atoms with Crippen LogP contribution in [0.1, 0.15) is 148 Å². The fourth-order valence-corrected chi connectivity index (χ4v) is 17.3. The number of aromatic nitrogens is 12. The second-order valence-corrected chi connectivity index (χ2v) is 38.1. The summed E-state index contributed by atoms with van der Waals surface area (Å²) in [7, 11) is 7.72. The lowest BCUT2D eigenvalue weighted by Crippen LogP contribution is -2.15. The molecule has 36 nitrogen and oxygen atoms in total. The highest BCUT2D eigenvalue weighted by Crippen LogP contribution is 2.31. The maximum atomic E-state index is 12.5. The van der Waals surface area contributed by atoms with Crippen molar-refractivity contribution in [1.29, 1.82) is 0 Å². The highest BCUT2D eigenvalue weighted by atomic mass is 32.1. The Labute approximate surface area is 831 Å². The van der Waals surface area contributed by atoms with Crippen molar-refractivity contribution < 1.29 is 76.9 Å². The summed E-state index contributed by atoms with van der Waals surface area (Å²) in [6, 6.07) is 29.8. The molecule has 0 atom stereocenters. The number of nitrogens with two attached hydrogens (primary N) is 1. The molecule has 9 heterocycles. The third kappa shape index (κ3) is 35.9. The summed E-state index contributed by atoms with van der Waals surface area (Å²) in [6.45, 7) is 22.2. The number of thiazole rings is 6. The zero-order valence-electron chi connectivity index (χ0n) is 77.0. The number of aromatic carboxylic acids is 1. The molecule has 0 aliphatic heterocycles. The van der Waals surface area contributed by atoms with E-state index in [0.29, 0.717) is 139 Å². The standard InChI is InChI=1S/C18H18N4O3S2.C16H21N3O2S.C15H15N5O2S2.C15H14N4O3S2.C15H18N2O3S.C14H14N2O3S/c1-3-5-24-14-7-13(17(23)21-18-22-20-11-27-18)8-15(9-14)25-6-4-16-12(2)19-10-26-16;1-11(2)21-14-8-12(10-19(3)4)7-13(9-14)15(20)18-16-17-5-6-22-16;1-9-13(23-7-17-9)2-3-22-12-5-10(4-11(16)6-12)14(21)19-15-20-18-8-24-15;1-9-13(23-7-16-9)2-3-22-12-5-10(4-11(20)6-12)14(21)18-15-19-17-8-24-15;1-10-14(21-9-16-10)4-5-20-13-7-11(15(18)19)6-12(8-13)17(2)3;1-9(2)19-12-6-10(8-17)5-11(7-12)13(18)16-14-15-3-4-20-14/h3,7-11H,1,4-6H2,2H3,(H,21,22,23);5-9,11H,10H2,1-4H3,(H,17,18,20);4-8H,2-3,16H2,1H3,(H,19,20,21);4-8,20H,2-3H2,1H3,(H,18,19,21);6-9H,4-5H2,1-3H3,(H,18,19);3-9H,1-2H3,(H,15,16,18). The van der Waals surface area contributed by atoms with Gasteiger partial charge in [-0.05, 0) is 160 Å².